The van der Waals surface area contributed by atoms with E-state index in [1.54, 1.807) is 6.07 Å². The van der Waals surface area contributed by atoms with Crippen molar-refractivity contribution in [2.75, 3.05) is 37.7 Å². The van der Waals surface area contributed by atoms with Crippen LogP contribution in [0.2, 0.25) is 0 Å². The van der Waals surface area contributed by atoms with Crippen LogP contribution in [0.4, 0.5) is 10.1 Å². The monoisotopic (exact) mass is 453 g/mol. The molecule has 1 aromatic heterocycles. The van der Waals surface area contributed by atoms with Gasteiger partial charge in [-0.2, -0.15) is 0 Å². The summed E-state index contributed by atoms with van der Waals surface area (Å²) < 4.78 is 20.3. The van der Waals surface area contributed by atoms with E-state index in [9.17, 15) is 9.18 Å². The third-order valence-electron chi connectivity index (χ3n) is 6.70. The van der Waals surface area contributed by atoms with E-state index in [-0.39, 0.29) is 17.8 Å². The Morgan fingerprint density at radius 2 is 2.03 bits per heavy atom. The maximum Gasteiger partial charge on any atom is 0.258 e. The number of carbonyl (C=O) groups excluding carboxylic acids is 1. The number of carbonyl (C=O) groups is 1. The van der Waals surface area contributed by atoms with Gasteiger partial charge in [0.15, 0.2) is 0 Å². The first-order chi connectivity index (χ1) is 15.5. The first kappa shape index (κ1) is 21.4. The molecule has 0 spiro atoms. The number of nitrogens with zero attached hydrogens (tertiary/aromatic N) is 2. The zero-order chi connectivity index (χ0) is 22.2. The maximum atomic E-state index is 14.2. The predicted molar refractivity (Wildman–Crippen MR) is 127 cm³/mol. The fraction of sp³-hybridized carbons (Fsp3) is 0.400. The van der Waals surface area contributed by atoms with Crippen LogP contribution in [0.5, 0.6) is 0 Å². The van der Waals surface area contributed by atoms with Crippen LogP contribution in [0.15, 0.2) is 42.5 Å². The molecule has 32 heavy (non-hydrogen) atoms. The number of anilines is 1. The van der Waals surface area contributed by atoms with Crippen LogP contribution in [0.25, 0.3) is 10.8 Å². The quantitative estimate of drug-likeness (QED) is 0.624. The number of primary amides is 1. The lowest BCUT2D eigenvalue weighted by molar-refractivity contribution is 0.0283. The largest absolute Gasteiger partial charge is 0.372 e. The van der Waals surface area contributed by atoms with Gasteiger partial charge in [0.1, 0.15) is 5.82 Å². The number of thiophene rings is 1. The Morgan fingerprint density at radius 1 is 1.22 bits per heavy atom. The van der Waals surface area contributed by atoms with Crippen molar-refractivity contribution in [3.8, 4) is 0 Å². The molecule has 1 unspecified atom stereocenters. The molecule has 1 saturated heterocycles. The number of hydrogen-bond acceptors (Lipinski definition) is 5. The number of amides is 1. The molecular formula is C25H28FN3O2S. The third-order valence-corrected chi connectivity index (χ3v) is 7.98. The van der Waals surface area contributed by atoms with Gasteiger partial charge in [-0.15, -0.1) is 11.3 Å². The Bertz CT molecular complexity index is 1150. The van der Waals surface area contributed by atoms with Crippen molar-refractivity contribution >= 4 is 33.7 Å². The van der Waals surface area contributed by atoms with Gasteiger partial charge in [-0.1, -0.05) is 24.3 Å². The molecule has 0 aliphatic carbocycles. The van der Waals surface area contributed by atoms with Crippen molar-refractivity contribution in [3.05, 3.63) is 63.6 Å². The number of nitrogens with two attached hydrogens (primary N) is 1. The fourth-order valence-corrected chi connectivity index (χ4v) is 6.13. The van der Waals surface area contributed by atoms with Gasteiger partial charge in [0, 0.05) is 53.6 Å². The average Bonchev–Trinajstić information content (AvgIpc) is 3.24. The van der Waals surface area contributed by atoms with E-state index in [2.05, 4.69) is 16.7 Å². The molecule has 2 aliphatic heterocycles. The summed E-state index contributed by atoms with van der Waals surface area (Å²) in [6.07, 6.45) is 1.77. The van der Waals surface area contributed by atoms with E-state index in [1.807, 2.05) is 36.4 Å². The van der Waals surface area contributed by atoms with E-state index in [1.165, 1.54) is 16.9 Å². The van der Waals surface area contributed by atoms with Crippen LogP contribution in [-0.4, -0.2) is 49.6 Å². The van der Waals surface area contributed by atoms with E-state index in [4.69, 9.17) is 10.5 Å². The first-order valence-electron chi connectivity index (χ1n) is 11.2. The second kappa shape index (κ2) is 8.81. The average molecular weight is 454 g/mol. The molecule has 0 bridgehead atoms. The normalized spacial score (nSPS) is 21.6. The minimum atomic E-state index is -0.360. The summed E-state index contributed by atoms with van der Waals surface area (Å²) in [5, 5.41) is 1.65. The first-order valence-corrected chi connectivity index (χ1v) is 12.0. The molecular weight excluding hydrogens is 425 g/mol. The number of benzene rings is 2. The van der Waals surface area contributed by atoms with Crippen LogP contribution < -0.4 is 10.6 Å². The van der Waals surface area contributed by atoms with E-state index < -0.39 is 0 Å². The SMILES string of the molecule is C[C@@H]1CN(c2ccc(F)c3ccccc23)CCN1CCC1OCCc2cc(C(N)=O)sc21. The van der Waals surface area contributed by atoms with Crippen molar-refractivity contribution in [2.24, 2.45) is 5.73 Å². The number of rotatable bonds is 5. The number of ether oxygens (including phenoxy) is 1. The lowest BCUT2D eigenvalue weighted by atomic mass is 10.0. The highest BCUT2D eigenvalue weighted by Crippen LogP contribution is 2.37. The van der Waals surface area contributed by atoms with Crippen LogP contribution in [0.3, 0.4) is 0 Å². The van der Waals surface area contributed by atoms with Crippen molar-refractivity contribution in [1.82, 2.24) is 4.90 Å². The number of halogens is 1. The van der Waals surface area contributed by atoms with Gasteiger partial charge in [-0.3, -0.25) is 9.69 Å². The fourth-order valence-electron chi connectivity index (χ4n) is 4.98. The van der Waals surface area contributed by atoms with Crippen molar-refractivity contribution in [1.29, 1.82) is 0 Å². The van der Waals surface area contributed by atoms with Gasteiger partial charge < -0.3 is 15.4 Å². The Balaban J connectivity index is 1.25. The summed E-state index contributed by atoms with van der Waals surface area (Å²) in [6.45, 7) is 6.63. The maximum absolute atomic E-state index is 14.2. The molecule has 0 radical (unpaired) electrons. The van der Waals surface area contributed by atoms with Gasteiger partial charge in [-0.05, 0) is 43.5 Å². The smallest absolute Gasteiger partial charge is 0.258 e. The second-order valence-electron chi connectivity index (χ2n) is 8.71. The molecule has 0 saturated carbocycles. The Morgan fingerprint density at radius 3 is 2.81 bits per heavy atom. The summed E-state index contributed by atoms with van der Waals surface area (Å²) in [7, 11) is 0. The lowest BCUT2D eigenvalue weighted by Gasteiger charge is -2.42. The standard InChI is InChI=1S/C25H28FN3O2S/c1-16-15-29(21-7-6-20(26)18-4-2-3-5-19(18)21)12-11-28(16)10-8-22-24-17(9-13-31-22)14-23(32-24)25(27)30/h2-7,14,16,22H,8-13,15H2,1H3,(H2,27,30)/t16-,22?/m1/s1. The van der Waals surface area contributed by atoms with Gasteiger partial charge in [-0.25, -0.2) is 4.39 Å². The molecule has 2 N–H and O–H groups in total. The third kappa shape index (κ3) is 4.00. The molecule has 2 aromatic carbocycles. The molecule has 1 fully saturated rings. The molecule has 3 aromatic rings. The number of hydrogen-bond donors (Lipinski definition) is 1. The predicted octanol–water partition coefficient (Wildman–Crippen LogP) is 4.35. The highest BCUT2D eigenvalue weighted by molar-refractivity contribution is 7.14. The number of fused-ring (bicyclic) bond motifs is 2. The van der Waals surface area contributed by atoms with E-state index in [0.717, 1.165) is 55.0 Å². The zero-order valence-electron chi connectivity index (χ0n) is 18.2. The Hall–Kier alpha value is -2.48. The topological polar surface area (TPSA) is 58.8 Å². The second-order valence-corrected chi connectivity index (χ2v) is 9.79. The molecule has 1 amide bonds. The molecule has 2 atom stereocenters. The molecule has 5 nitrogen and oxygen atoms in total. The van der Waals surface area contributed by atoms with Crippen molar-refractivity contribution in [2.45, 2.75) is 31.9 Å². The molecule has 7 heteroatoms. The summed E-state index contributed by atoms with van der Waals surface area (Å²) in [6, 6.07) is 13.5. The van der Waals surface area contributed by atoms with Crippen molar-refractivity contribution < 1.29 is 13.9 Å². The van der Waals surface area contributed by atoms with Crippen LogP contribution in [0, 0.1) is 5.82 Å². The highest BCUT2D eigenvalue weighted by Gasteiger charge is 2.29. The van der Waals surface area contributed by atoms with Crippen LogP contribution >= 0.6 is 11.3 Å². The minimum absolute atomic E-state index is 0.0307. The van der Waals surface area contributed by atoms with Gasteiger partial charge in [0.25, 0.3) is 5.91 Å². The summed E-state index contributed by atoms with van der Waals surface area (Å²) in [5.74, 6) is -0.530. The Kier molecular flexibility index (Phi) is 5.88. The zero-order valence-corrected chi connectivity index (χ0v) is 19.0. The van der Waals surface area contributed by atoms with Gasteiger partial charge in [0.05, 0.1) is 17.6 Å². The van der Waals surface area contributed by atoms with Crippen LogP contribution in [-0.2, 0) is 11.2 Å². The highest BCUT2D eigenvalue weighted by atomic mass is 32.1. The van der Waals surface area contributed by atoms with Crippen LogP contribution in [0.1, 0.15) is 39.6 Å². The molecule has 2 aliphatic rings. The lowest BCUT2D eigenvalue weighted by Crippen LogP contribution is -2.52. The Labute approximate surface area is 191 Å². The van der Waals surface area contributed by atoms with Gasteiger partial charge in [0.2, 0.25) is 0 Å². The number of piperazine rings is 1. The molecule has 3 heterocycles. The summed E-state index contributed by atoms with van der Waals surface area (Å²) >= 11 is 1.48. The van der Waals surface area contributed by atoms with Crippen molar-refractivity contribution in [3.63, 3.8) is 0 Å². The minimum Gasteiger partial charge on any atom is -0.372 e. The van der Waals surface area contributed by atoms with Gasteiger partial charge >= 0.3 is 0 Å². The molecule has 5 rings (SSSR count). The summed E-state index contributed by atoms with van der Waals surface area (Å²) in [5.41, 5.74) is 7.79. The summed E-state index contributed by atoms with van der Waals surface area (Å²) in [4.78, 5) is 18.2. The van der Waals surface area contributed by atoms with E-state index in [0.29, 0.717) is 22.9 Å². The van der Waals surface area contributed by atoms with E-state index >= 15 is 0 Å². The molecule has 168 valence electrons.